The Labute approximate surface area is 167 Å². The zero-order valence-electron chi connectivity index (χ0n) is 15.4. The molecule has 3 aromatic carbocycles. The van der Waals surface area contributed by atoms with Crippen molar-refractivity contribution in [2.75, 3.05) is 5.32 Å². The van der Waals surface area contributed by atoms with E-state index < -0.39 is 0 Å². The van der Waals surface area contributed by atoms with Crippen LogP contribution >= 0.6 is 0 Å². The largest absolute Gasteiger partial charge is 0.322 e. The van der Waals surface area contributed by atoms with Crippen LogP contribution in [0.1, 0.15) is 10.4 Å². The zero-order chi connectivity index (χ0) is 19.6. The Balaban J connectivity index is 1.32. The molecular formula is C23H17N5O. The number of imidazole rings is 1. The van der Waals surface area contributed by atoms with E-state index in [4.69, 9.17) is 0 Å². The number of aromatic nitrogens is 4. The Morgan fingerprint density at radius 3 is 2.34 bits per heavy atom. The molecule has 0 aliphatic rings. The first-order chi connectivity index (χ1) is 14.3. The van der Waals surface area contributed by atoms with Gasteiger partial charge in [-0.1, -0.05) is 12.1 Å². The highest BCUT2D eigenvalue weighted by molar-refractivity contribution is 6.04. The SMILES string of the molecule is O=C(Nc1ccc(-n2cnc3ccccc32)cc1)c1ccc(-n2cccn2)cc1. The summed E-state index contributed by atoms with van der Waals surface area (Å²) in [6.45, 7) is 0. The van der Waals surface area contributed by atoms with Crippen molar-refractivity contribution in [3.05, 3.63) is 103 Å². The Bertz CT molecular complexity index is 1270. The van der Waals surface area contributed by atoms with E-state index in [9.17, 15) is 4.79 Å². The first-order valence-corrected chi connectivity index (χ1v) is 9.22. The molecule has 2 heterocycles. The third-order valence-corrected chi connectivity index (χ3v) is 4.76. The van der Waals surface area contributed by atoms with Crippen molar-refractivity contribution in [3.63, 3.8) is 0 Å². The Morgan fingerprint density at radius 2 is 1.59 bits per heavy atom. The molecule has 6 nitrogen and oxygen atoms in total. The van der Waals surface area contributed by atoms with Crippen molar-refractivity contribution in [3.8, 4) is 11.4 Å². The van der Waals surface area contributed by atoms with Gasteiger partial charge < -0.3 is 5.32 Å². The fourth-order valence-electron chi connectivity index (χ4n) is 3.26. The minimum absolute atomic E-state index is 0.155. The quantitative estimate of drug-likeness (QED) is 0.501. The number of nitrogens with one attached hydrogen (secondary N) is 1. The minimum Gasteiger partial charge on any atom is -0.322 e. The Hall–Kier alpha value is -4.19. The molecular weight excluding hydrogens is 362 g/mol. The van der Waals surface area contributed by atoms with Gasteiger partial charge >= 0.3 is 0 Å². The van der Waals surface area contributed by atoms with Gasteiger partial charge in [0, 0.05) is 29.3 Å². The number of carbonyl (C=O) groups excluding carboxylic acids is 1. The van der Waals surface area contributed by atoms with Crippen LogP contribution in [0.3, 0.4) is 0 Å². The summed E-state index contributed by atoms with van der Waals surface area (Å²) < 4.78 is 3.77. The molecule has 0 atom stereocenters. The first kappa shape index (κ1) is 16.9. The van der Waals surface area contributed by atoms with E-state index in [0.717, 1.165) is 28.1 Å². The second-order valence-electron chi connectivity index (χ2n) is 6.60. The molecule has 0 aliphatic heterocycles. The summed E-state index contributed by atoms with van der Waals surface area (Å²) in [5.74, 6) is -0.155. The Morgan fingerprint density at radius 1 is 0.828 bits per heavy atom. The predicted octanol–water partition coefficient (Wildman–Crippen LogP) is 4.46. The van der Waals surface area contributed by atoms with Crippen molar-refractivity contribution in [2.24, 2.45) is 0 Å². The lowest BCUT2D eigenvalue weighted by Crippen LogP contribution is -2.12. The number of nitrogens with zero attached hydrogens (tertiary/aromatic N) is 4. The molecule has 1 amide bonds. The second kappa shape index (κ2) is 7.09. The van der Waals surface area contributed by atoms with Gasteiger partial charge in [0.15, 0.2) is 0 Å². The maximum Gasteiger partial charge on any atom is 0.255 e. The van der Waals surface area contributed by atoms with Crippen molar-refractivity contribution in [1.82, 2.24) is 19.3 Å². The van der Waals surface area contributed by atoms with Gasteiger partial charge in [-0.25, -0.2) is 9.67 Å². The highest BCUT2D eigenvalue weighted by atomic mass is 16.1. The molecule has 2 aromatic heterocycles. The van der Waals surface area contributed by atoms with Crippen LogP contribution < -0.4 is 5.32 Å². The van der Waals surface area contributed by atoms with Crippen LogP contribution in [0.5, 0.6) is 0 Å². The van der Waals surface area contributed by atoms with Crippen molar-refractivity contribution < 1.29 is 4.79 Å². The summed E-state index contributed by atoms with van der Waals surface area (Å²) in [6, 6.07) is 24.9. The highest BCUT2D eigenvalue weighted by Crippen LogP contribution is 2.20. The number of amides is 1. The highest BCUT2D eigenvalue weighted by Gasteiger charge is 2.08. The monoisotopic (exact) mass is 379 g/mol. The van der Waals surface area contributed by atoms with Crippen LogP contribution in [0.4, 0.5) is 5.69 Å². The summed E-state index contributed by atoms with van der Waals surface area (Å²) in [4.78, 5) is 17.0. The van der Waals surface area contributed by atoms with Crippen LogP contribution in [0.15, 0.2) is 97.6 Å². The van der Waals surface area contributed by atoms with E-state index >= 15 is 0 Å². The molecule has 0 fully saturated rings. The van der Waals surface area contributed by atoms with E-state index in [1.165, 1.54) is 0 Å². The van der Waals surface area contributed by atoms with E-state index in [1.807, 2.05) is 77.5 Å². The summed E-state index contributed by atoms with van der Waals surface area (Å²) in [7, 11) is 0. The number of fused-ring (bicyclic) bond motifs is 1. The molecule has 0 spiro atoms. The number of hydrogen-bond donors (Lipinski definition) is 1. The van der Waals surface area contributed by atoms with Gasteiger partial charge in [0.25, 0.3) is 5.91 Å². The number of hydrogen-bond acceptors (Lipinski definition) is 3. The molecule has 140 valence electrons. The predicted molar refractivity (Wildman–Crippen MR) is 113 cm³/mol. The molecule has 1 N–H and O–H groups in total. The number of anilines is 1. The standard InChI is InChI=1S/C23H17N5O/c29-23(17-6-10-20(11-7-17)28-15-3-14-25-28)26-18-8-12-19(13-9-18)27-16-24-21-4-1-2-5-22(21)27/h1-16H,(H,26,29). The van der Waals surface area contributed by atoms with Crippen LogP contribution in [-0.4, -0.2) is 25.2 Å². The van der Waals surface area contributed by atoms with Gasteiger partial charge in [-0.15, -0.1) is 0 Å². The molecule has 0 saturated heterocycles. The molecule has 0 unspecified atom stereocenters. The molecule has 0 radical (unpaired) electrons. The molecule has 0 aliphatic carbocycles. The smallest absolute Gasteiger partial charge is 0.255 e. The van der Waals surface area contributed by atoms with Crippen LogP contribution in [0.2, 0.25) is 0 Å². The van der Waals surface area contributed by atoms with Crippen LogP contribution in [-0.2, 0) is 0 Å². The molecule has 0 bridgehead atoms. The molecule has 5 aromatic rings. The van der Waals surface area contributed by atoms with E-state index in [0.29, 0.717) is 5.56 Å². The first-order valence-electron chi connectivity index (χ1n) is 9.22. The van der Waals surface area contributed by atoms with E-state index in [-0.39, 0.29) is 5.91 Å². The van der Waals surface area contributed by atoms with Gasteiger partial charge in [-0.3, -0.25) is 9.36 Å². The van der Waals surface area contributed by atoms with Gasteiger partial charge in [-0.05, 0) is 66.7 Å². The summed E-state index contributed by atoms with van der Waals surface area (Å²) >= 11 is 0. The van der Waals surface area contributed by atoms with Crippen molar-refractivity contribution in [1.29, 1.82) is 0 Å². The van der Waals surface area contributed by atoms with Gasteiger partial charge in [0.1, 0.15) is 6.33 Å². The van der Waals surface area contributed by atoms with Gasteiger partial charge in [0.2, 0.25) is 0 Å². The van der Waals surface area contributed by atoms with Crippen molar-refractivity contribution >= 4 is 22.6 Å². The molecule has 5 rings (SSSR count). The summed E-state index contributed by atoms with van der Waals surface area (Å²) in [6.07, 6.45) is 5.39. The summed E-state index contributed by atoms with van der Waals surface area (Å²) in [5.41, 5.74) is 5.21. The van der Waals surface area contributed by atoms with Crippen molar-refractivity contribution in [2.45, 2.75) is 0 Å². The third-order valence-electron chi connectivity index (χ3n) is 4.76. The normalized spacial score (nSPS) is 10.9. The number of carbonyl (C=O) groups is 1. The summed E-state index contributed by atoms with van der Waals surface area (Å²) in [5, 5.41) is 7.12. The second-order valence-corrected chi connectivity index (χ2v) is 6.60. The third kappa shape index (κ3) is 3.27. The topological polar surface area (TPSA) is 64.7 Å². The zero-order valence-corrected chi connectivity index (χ0v) is 15.4. The minimum atomic E-state index is -0.155. The maximum absolute atomic E-state index is 12.6. The fraction of sp³-hybridized carbons (Fsp3) is 0. The Kier molecular flexibility index (Phi) is 4.14. The lowest BCUT2D eigenvalue weighted by atomic mass is 10.2. The number of para-hydroxylation sites is 2. The number of benzene rings is 3. The van der Waals surface area contributed by atoms with Crippen LogP contribution in [0.25, 0.3) is 22.4 Å². The van der Waals surface area contributed by atoms with Crippen LogP contribution in [0, 0.1) is 0 Å². The molecule has 29 heavy (non-hydrogen) atoms. The lowest BCUT2D eigenvalue weighted by Gasteiger charge is -2.09. The number of rotatable bonds is 4. The fourth-order valence-corrected chi connectivity index (χ4v) is 3.26. The van der Waals surface area contributed by atoms with Gasteiger partial charge in [0.05, 0.1) is 16.7 Å². The van der Waals surface area contributed by atoms with E-state index in [1.54, 1.807) is 29.3 Å². The average molecular weight is 379 g/mol. The average Bonchev–Trinajstić information content (AvgIpc) is 3.45. The van der Waals surface area contributed by atoms with Gasteiger partial charge in [-0.2, -0.15) is 5.10 Å². The van der Waals surface area contributed by atoms with E-state index in [2.05, 4.69) is 15.4 Å². The molecule has 6 heteroatoms. The molecule has 0 saturated carbocycles. The maximum atomic E-state index is 12.6. The lowest BCUT2D eigenvalue weighted by molar-refractivity contribution is 0.102.